The van der Waals surface area contributed by atoms with E-state index < -0.39 is 0 Å². The minimum atomic E-state index is -0.172. The summed E-state index contributed by atoms with van der Waals surface area (Å²) in [7, 11) is 1.61. The maximum Gasteiger partial charge on any atom is 0.269 e. The number of rotatable bonds is 4. The summed E-state index contributed by atoms with van der Waals surface area (Å²) < 4.78 is 0. The normalized spacial score (nSPS) is 18.0. The zero-order chi connectivity index (χ0) is 16.8. The van der Waals surface area contributed by atoms with Crippen LogP contribution in [0.25, 0.3) is 0 Å². The molecule has 0 spiro atoms. The van der Waals surface area contributed by atoms with Gasteiger partial charge in [-0.3, -0.25) is 4.79 Å². The summed E-state index contributed by atoms with van der Waals surface area (Å²) in [6.07, 6.45) is 9.10. The molecule has 2 aromatic rings. The molecular weight excluding hydrogens is 304 g/mol. The summed E-state index contributed by atoms with van der Waals surface area (Å²) in [5.41, 5.74) is 1.36. The third kappa shape index (κ3) is 4.04. The Kier molecular flexibility index (Phi) is 5.30. The van der Waals surface area contributed by atoms with Gasteiger partial charge >= 0.3 is 0 Å². The van der Waals surface area contributed by atoms with Crippen LogP contribution in [0.15, 0.2) is 31.0 Å². The first-order valence-corrected chi connectivity index (χ1v) is 8.30. The summed E-state index contributed by atoms with van der Waals surface area (Å²) in [4.78, 5) is 30.7. The molecule has 1 amide bonds. The van der Waals surface area contributed by atoms with Crippen molar-refractivity contribution in [2.75, 3.05) is 25.0 Å². The van der Waals surface area contributed by atoms with Crippen molar-refractivity contribution in [3.05, 3.63) is 42.4 Å². The lowest BCUT2D eigenvalue weighted by molar-refractivity contribution is 0.0958. The lowest BCUT2D eigenvalue weighted by atomic mass is 9.95. The molecule has 3 rings (SSSR count). The van der Waals surface area contributed by atoms with E-state index in [4.69, 9.17) is 0 Å². The van der Waals surface area contributed by atoms with Crippen molar-refractivity contribution in [3.8, 4) is 0 Å². The van der Waals surface area contributed by atoms with Crippen LogP contribution in [-0.2, 0) is 6.42 Å². The Labute approximate surface area is 141 Å². The molecule has 1 N–H and O–H groups in total. The zero-order valence-corrected chi connectivity index (χ0v) is 13.9. The molecule has 1 aliphatic rings. The van der Waals surface area contributed by atoms with Gasteiger partial charge in [-0.05, 0) is 43.7 Å². The molecule has 1 unspecified atom stereocenters. The van der Waals surface area contributed by atoms with Gasteiger partial charge in [0.05, 0.1) is 0 Å². The van der Waals surface area contributed by atoms with Crippen molar-refractivity contribution < 1.29 is 4.79 Å². The van der Waals surface area contributed by atoms with Crippen molar-refractivity contribution in [1.82, 2.24) is 25.3 Å². The maximum atomic E-state index is 11.7. The largest absolute Gasteiger partial charge is 0.357 e. The van der Waals surface area contributed by atoms with Crippen molar-refractivity contribution in [2.24, 2.45) is 5.92 Å². The molecule has 3 heterocycles. The van der Waals surface area contributed by atoms with Crippen LogP contribution in [0.4, 0.5) is 5.82 Å². The SMILES string of the molecule is CNC(=O)c1cc(CC2CCCN(c3ccncn3)CC2)ncn1. The lowest BCUT2D eigenvalue weighted by Gasteiger charge is -2.21. The lowest BCUT2D eigenvalue weighted by Crippen LogP contribution is -2.25. The van der Waals surface area contributed by atoms with Gasteiger partial charge in [0.2, 0.25) is 0 Å². The highest BCUT2D eigenvalue weighted by atomic mass is 16.1. The Morgan fingerprint density at radius 3 is 2.96 bits per heavy atom. The molecule has 126 valence electrons. The van der Waals surface area contributed by atoms with Crippen LogP contribution in [0.2, 0.25) is 0 Å². The van der Waals surface area contributed by atoms with Gasteiger partial charge in [0, 0.05) is 32.0 Å². The molecular formula is C17H22N6O. The number of nitrogens with one attached hydrogen (secondary N) is 1. The van der Waals surface area contributed by atoms with Gasteiger partial charge in [0.1, 0.15) is 24.2 Å². The predicted molar refractivity (Wildman–Crippen MR) is 90.7 cm³/mol. The topological polar surface area (TPSA) is 83.9 Å². The van der Waals surface area contributed by atoms with E-state index in [1.807, 2.05) is 6.07 Å². The average molecular weight is 326 g/mol. The smallest absolute Gasteiger partial charge is 0.269 e. The number of carbonyl (C=O) groups is 1. The van der Waals surface area contributed by atoms with Gasteiger partial charge in [-0.25, -0.2) is 19.9 Å². The van der Waals surface area contributed by atoms with Gasteiger partial charge < -0.3 is 10.2 Å². The van der Waals surface area contributed by atoms with Crippen molar-refractivity contribution in [1.29, 1.82) is 0 Å². The monoisotopic (exact) mass is 326 g/mol. The Morgan fingerprint density at radius 2 is 2.17 bits per heavy atom. The third-order valence-electron chi connectivity index (χ3n) is 4.42. The minimum Gasteiger partial charge on any atom is -0.357 e. The van der Waals surface area contributed by atoms with E-state index in [1.165, 1.54) is 6.33 Å². The van der Waals surface area contributed by atoms with Crippen LogP contribution in [0.1, 0.15) is 35.4 Å². The fourth-order valence-corrected chi connectivity index (χ4v) is 3.13. The van der Waals surface area contributed by atoms with E-state index >= 15 is 0 Å². The number of anilines is 1. The van der Waals surface area contributed by atoms with E-state index in [9.17, 15) is 4.79 Å². The van der Waals surface area contributed by atoms with Gasteiger partial charge in [-0.15, -0.1) is 0 Å². The van der Waals surface area contributed by atoms with E-state index in [-0.39, 0.29) is 5.91 Å². The highest BCUT2D eigenvalue weighted by Crippen LogP contribution is 2.23. The molecule has 0 saturated carbocycles. The van der Waals surface area contributed by atoms with Crippen molar-refractivity contribution >= 4 is 11.7 Å². The van der Waals surface area contributed by atoms with E-state index in [0.29, 0.717) is 11.6 Å². The fourth-order valence-electron chi connectivity index (χ4n) is 3.13. The first kappa shape index (κ1) is 16.3. The fraction of sp³-hybridized carbons (Fsp3) is 0.471. The molecule has 1 saturated heterocycles. The van der Waals surface area contributed by atoms with Crippen LogP contribution < -0.4 is 10.2 Å². The Balaban J connectivity index is 1.62. The highest BCUT2D eigenvalue weighted by Gasteiger charge is 2.19. The second kappa shape index (κ2) is 7.81. The van der Waals surface area contributed by atoms with Gasteiger partial charge in [-0.1, -0.05) is 0 Å². The molecule has 1 atom stereocenters. The summed E-state index contributed by atoms with van der Waals surface area (Å²) in [5, 5.41) is 2.60. The first-order valence-electron chi connectivity index (χ1n) is 8.30. The number of hydrogen-bond donors (Lipinski definition) is 1. The summed E-state index contributed by atoms with van der Waals surface area (Å²) in [6, 6.07) is 3.76. The molecule has 1 fully saturated rings. The van der Waals surface area contributed by atoms with Gasteiger partial charge in [0.15, 0.2) is 0 Å². The van der Waals surface area contributed by atoms with E-state index in [0.717, 1.165) is 50.3 Å². The van der Waals surface area contributed by atoms with Crippen LogP contribution in [0, 0.1) is 5.92 Å². The average Bonchev–Trinajstić information content (AvgIpc) is 2.87. The van der Waals surface area contributed by atoms with Gasteiger partial charge in [0.25, 0.3) is 5.91 Å². The molecule has 2 aromatic heterocycles. The molecule has 0 aromatic carbocycles. The number of nitrogens with zero attached hydrogens (tertiary/aromatic N) is 5. The summed E-state index contributed by atoms with van der Waals surface area (Å²) >= 11 is 0. The number of aromatic nitrogens is 4. The maximum absolute atomic E-state index is 11.7. The quantitative estimate of drug-likeness (QED) is 0.916. The molecule has 7 nitrogen and oxygen atoms in total. The summed E-state index contributed by atoms with van der Waals surface area (Å²) in [5.74, 6) is 1.38. The molecule has 1 aliphatic heterocycles. The molecule has 0 radical (unpaired) electrons. The standard InChI is InChI=1S/C17H22N6O/c1-18-17(24)15-10-14(20-12-21-15)9-13-3-2-7-23(8-5-13)16-4-6-19-11-22-16/h4,6,10-13H,2-3,5,7-9H2,1H3,(H,18,24). The predicted octanol–water partition coefficient (Wildman–Crippen LogP) is 1.48. The number of hydrogen-bond acceptors (Lipinski definition) is 6. The first-order chi connectivity index (χ1) is 11.8. The number of carbonyl (C=O) groups excluding carboxylic acids is 1. The van der Waals surface area contributed by atoms with Crippen LogP contribution >= 0.6 is 0 Å². The van der Waals surface area contributed by atoms with Crippen LogP contribution in [0.3, 0.4) is 0 Å². The van der Waals surface area contributed by atoms with E-state index in [1.54, 1.807) is 25.6 Å². The van der Waals surface area contributed by atoms with E-state index in [2.05, 4.69) is 30.2 Å². The highest BCUT2D eigenvalue weighted by molar-refractivity contribution is 5.91. The second-order valence-corrected chi connectivity index (χ2v) is 6.03. The molecule has 24 heavy (non-hydrogen) atoms. The Hall–Kier alpha value is -2.57. The zero-order valence-electron chi connectivity index (χ0n) is 13.9. The van der Waals surface area contributed by atoms with Crippen molar-refractivity contribution in [2.45, 2.75) is 25.7 Å². The molecule has 0 aliphatic carbocycles. The molecule has 7 heteroatoms. The van der Waals surface area contributed by atoms with Crippen LogP contribution in [-0.4, -0.2) is 46.0 Å². The van der Waals surface area contributed by atoms with Crippen LogP contribution in [0.5, 0.6) is 0 Å². The third-order valence-corrected chi connectivity index (χ3v) is 4.42. The van der Waals surface area contributed by atoms with Gasteiger partial charge in [-0.2, -0.15) is 0 Å². The molecule has 0 bridgehead atoms. The minimum absolute atomic E-state index is 0.172. The Morgan fingerprint density at radius 1 is 1.25 bits per heavy atom. The second-order valence-electron chi connectivity index (χ2n) is 6.03. The Bertz CT molecular complexity index is 678. The number of amides is 1. The summed E-state index contributed by atoms with van der Waals surface area (Å²) in [6.45, 7) is 2.00. The van der Waals surface area contributed by atoms with Crippen molar-refractivity contribution in [3.63, 3.8) is 0 Å².